The Hall–Kier alpha value is -2.89. The molecule has 0 fully saturated rings. The summed E-state index contributed by atoms with van der Waals surface area (Å²) in [6, 6.07) is 11.5. The monoisotopic (exact) mass is 372 g/mol. The van der Waals surface area contributed by atoms with Gasteiger partial charge in [-0.25, -0.2) is 0 Å². The molecule has 2 aromatic rings. The Kier molecular flexibility index (Phi) is 6.93. The van der Waals surface area contributed by atoms with Crippen LogP contribution in [0.5, 0.6) is 17.2 Å². The molecule has 0 heterocycles. The number of carbonyl (C=O) groups excluding carboxylic acids is 1. The van der Waals surface area contributed by atoms with Crippen LogP contribution < -0.4 is 19.1 Å². The van der Waals surface area contributed by atoms with Gasteiger partial charge in [-0.15, -0.1) is 0 Å². The molecule has 6 nitrogen and oxygen atoms in total. The highest BCUT2D eigenvalue weighted by molar-refractivity contribution is 5.95. The predicted molar refractivity (Wildman–Crippen MR) is 107 cm³/mol. The summed E-state index contributed by atoms with van der Waals surface area (Å²) in [7, 11) is 8.62. The lowest BCUT2D eigenvalue weighted by Gasteiger charge is -2.23. The first kappa shape index (κ1) is 20.4. The molecule has 0 atom stereocenters. The van der Waals surface area contributed by atoms with Gasteiger partial charge in [0.2, 0.25) is 5.75 Å². The van der Waals surface area contributed by atoms with Crippen molar-refractivity contribution < 1.29 is 19.0 Å². The molecule has 0 saturated heterocycles. The van der Waals surface area contributed by atoms with Gasteiger partial charge in [-0.1, -0.05) is 12.1 Å². The number of anilines is 1. The van der Waals surface area contributed by atoms with E-state index in [-0.39, 0.29) is 5.91 Å². The van der Waals surface area contributed by atoms with E-state index in [9.17, 15) is 4.79 Å². The van der Waals surface area contributed by atoms with Crippen molar-refractivity contribution in [2.24, 2.45) is 0 Å². The number of benzene rings is 2. The second kappa shape index (κ2) is 9.16. The van der Waals surface area contributed by atoms with Crippen molar-refractivity contribution in [3.63, 3.8) is 0 Å². The van der Waals surface area contributed by atoms with Crippen molar-refractivity contribution >= 4 is 11.6 Å². The van der Waals surface area contributed by atoms with Crippen LogP contribution in [0.1, 0.15) is 22.8 Å². The summed E-state index contributed by atoms with van der Waals surface area (Å²) < 4.78 is 16.0. The van der Waals surface area contributed by atoms with E-state index in [0.717, 1.165) is 11.3 Å². The Morgan fingerprint density at radius 2 is 1.48 bits per heavy atom. The van der Waals surface area contributed by atoms with Gasteiger partial charge in [-0.2, -0.15) is 0 Å². The smallest absolute Gasteiger partial charge is 0.254 e. The third-order valence-electron chi connectivity index (χ3n) is 4.41. The molecule has 0 saturated carbocycles. The van der Waals surface area contributed by atoms with Gasteiger partial charge in [0.05, 0.1) is 21.3 Å². The van der Waals surface area contributed by atoms with E-state index in [1.807, 2.05) is 50.2 Å². The fraction of sp³-hybridized carbons (Fsp3) is 0.381. The first-order valence-electron chi connectivity index (χ1n) is 8.80. The number of carbonyl (C=O) groups is 1. The number of nitrogens with zero attached hydrogens (tertiary/aromatic N) is 2. The van der Waals surface area contributed by atoms with Crippen molar-refractivity contribution in [3.05, 3.63) is 47.5 Å². The van der Waals surface area contributed by atoms with Gasteiger partial charge in [-0.05, 0) is 36.8 Å². The predicted octanol–water partition coefficient (Wildman–Crippen LogP) is 3.44. The number of hydrogen-bond acceptors (Lipinski definition) is 5. The van der Waals surface area contributed by atoms with Gasteiger partial charge in [0, 0.05) is 38.4 Å². The highest BCUT2D eigenvalue weighted by Crippen LogP contribution is 2.38. The van der Waals surface area contributed by atoms with Crippen LogP contribution in [0.4, 0.5) is 5.69 Å². The zero-order valence-corrected chi connectivity index (χ0v) is 16.9. The Balaban J connectivity index is 2.28. The van der Waals surface area contributed by atoms with Gasteiger partial charge in [-0.3, -0.25) is 4.79 Å². The molecule has 146 valence electrons. The molecule has 0 aromatic heterocycles. The second-order valence-corrected chi connectivity index (χ2v) is 6.29. The molecule has 0 N–H and O–H groups in total. The largest absolute Gasteiger partial charge is 0.493 e. The molecule has 0 radical (unpaired) electrons. The van der Waals surface area contributed by atoms with Crippen molar-refractivity contribution in [3.8, 4) is 17.2 Å². The summed E-state index contributed by atoms with van der Waals surface area (Å²) >= 11 is 0. The maximum atomic E-state index is 13.1. The first-order chi connectivity index (χ1) is 12.9. The van der Waals surface area contributed by atoms with Gasteiger partial charge < -0.3 is 24.0 Å². The van der Waals surface area contributed by atoms with E-state index in [1.54, 1.807) is 17.0 Å². The van der Waals surface area contributed by atoms with Crippen molar-refractivity contribution in [1.29, 1.82) is 0 Å². The van der Waals surface area contributed by atoms with E-state index >= 15 is 0 Å². The average Bonchev–Trinajstić information content (AvgIpc) is 2.70. The first-order valence-corrected chi connectivity index (χ1v) is 8.80. The number of hydrogen-bond donors (Lipinski definition) is 0. The van der Waals surface area contributed by atoms with E-state index < -0.39 is 0 Å². The van der Waals surface area contributed by atoms with Crippen LogP contribution in [-0.4, -0.2) is 52.8 Å². The second-order valence-electron chi connectivity index (χ2n) is 6.29. The maximum absolute atomic E-state index is 13.1. The zero-order valence-electron chi connectivity index (χ0n) is 16.9. The molecule has 2 rings (SSSR count). The molecule has 0 spiro atoms. The van der Waals surface area contributed by atoms with Crippen LogP contribution in [0, 0.1) is 0 Å². The molecular formula is C21H28N2O4. The fourth-order valence-corrected chi connectivity index (χ4v) is 2.83. The van der Waals surface area contributed by atoms with Gasteiger partial charge in [0.1, 0.15) is 0 Å². The quantitative estimate of drug-likeness (QED) is 0.710. The number of methoxy groups -OCH3 is 3. The van der Waals surface area contributed by atoms with Crippen molar-refractivity contribution in [2.45, 2.75) is 13.5 Å². The van der Waals surface area contributed by atoms with E-state index in [1.165, 1.54) is 21.3 Å². The number of amides is 1. The molecule has 2 aromatic carbocycles. The van der Waals surface area contributed by atoms with E-state index in [0.29, 0.717) is 35.9 Å². The van der Waals surface area contributed by atoms with Gasteiger partial charge in [0.25, 0.3) is 5.91 Å². The summed E-state index contributed by atoms with van der Waals surface area (Å²) in [4.78, 5) is 16.9. The van der Waals surface area contributed by atoms with Crippen LogP contribution in [0.2, 0.25) is 0 Å². The molecule has 1 amide bonds. The average molecular weight is 372 g/mol. The lowest BCUT2D eigenvalue weighted by atomic mass is 10.1. The zero-order chi connectivity index (χ0) is 20.0. The lowest BCUT2D eigenvalue weighted by Crippen LogP contribution is -2.30. The summed E-state index contributed by atoms with van der Waals surface area (Å²) in [5.41, 5.74) is 2.69. The van der Waals surface area contributed by atoms with Gasteiger partial charge >= 0.3 is 0 Å². The summed E-state index contributed by atoms with van der Waals surface area (Å²) in [5, 5.41) is 0. The molecule has 6 heteroatoms. The highest BCUT2D eigenvalue weighted by Gasteiger charge is 2.20. The minimum atomic E-state index is -0.0894. The Bertz CT molecular complexity index is 747. The summed E-state index contributed by atoms with van der Waals surface area (Å²) in [6.07, 6.45) is 0. The van der Waals surface area contributed by atoms with Crippen LogP contribution in [0.25, 0.3) is 0 Å². The van der Waals surface area contributed by atoms with Gasteiger partial charge in [0.15, 0.2) is 11.5 Å². The fourth-order valence-electron chi connectivity index (χ4n) is 2.83. The molecule has 0 unspecified atom stereocenters. The lowest BCUT2D eigenvalue weighted by molar-refractivity contribution is 0.0751. The van der Waals surface area contributed by atoms with Crippen LogP contribution in [-0.2, 0) is 6.54 Å². The molecule has 27 heavy (non-hydrogen) atoms. The Labute approximate surface area is 161 Å². The SMILES string of the molecule is CCN(Cc1ccc(N(C)C)cc1)C(=O)c1cc(OC)c(OC)c(OC)c1. The Morgan fingerprint density at radius 1 is 0.926 bits per heavy atom. The van der Waals surface area contributed by atoms with Crippen LogP contribution in [0.15, 0.2) is 36.4 Å². The molecule has 0 aliphatic rings. The summed E-state index contributed by atoms with van der Waals surface area (Å²) in [5.74, 6) is 1.31. The minimum Gasteiger partial charge on any atom is -0.493 e. The molecule has 0 bridgehead atoms. The van der Waals surface area contributed by atoms with Crippen LogP contribution >= 0.6 is 0 Å². The van der Waals surface area contributed by atoms with Crippen molar-refractivity contribution in [2.75, 3.05) is 46.9 Å². The highest BCUT2D eigenvalue weighted by atomic mass is 16.5. The van der Waals surface area contributed by atoms with E-state index in [4.69, 9.17) is 14.2 Å². The number of ether oxygens (including phenoxy) is 3. The Morgan fingerprint density at radius 3 is 1.89 bits per heavy atom. The number of rotatable bonds is 8. The summed E-state index contributed by atoms with van der Waals surface area (Å²) in [6.45, 7) is 3.08. The molecule has 0 aliphatic heterocycles. The maximum Gasteiger partial charge on any atom is 0.254 e. The standard InChI is InChI=1S/C21H28N2O4/c1-7-23(14-15-8-10-17(11-9-15)22(2)3)21(24)16-12-18(25-4)20(27-6)19(13-16)26-5/h8-13H,7,14H2,1-6H3. The normalized spacial score (nSPS) is 10.3. The minimum absolute atomic E-state index is 0.0894. The van der Waals surface area contributed by atoms with E-state index in [2.05, 4.69) is 0 Å². The van der Waals surface area contributed by atoms with Crippen molar-refractivity contribution in [1.82, 2.24) is 4.90 Å². The molecular weight excluding hydrogens is 344 g/mol. The molecule has 0 aliphatic carbocycles. The van der Waals surface area contributed by atoms with Crippen LogP contribution in [0.3, 0.4) is 0 Å². The third kappa shape index (κ3) is 4.64. The topological polar surface area (TPSA) is 51.2 Å². The third-order valence-corrected chi connectivity index (χ3v) is 4.41.